The fourth-order valence-electron chi connectivity index (χ4n) is 2.30. The van der Waals surface area contributed by atoms with Gasteiger partial charge in [-0.25, -0.2) is 5.43 Å². The summed E-state index contributed by atoms with van der Waals surface area (Å²) < 4.78 is 5.85. The van der Waals surface area contributed by atoms with E-state index in [1.54, 1.807) is 0 Å². The van der Waals surface area contributed by atoms with Gasteiger partial charge in [0, 0.05) is 5.39 Å². The zero-order chi connectivity index (χ0) is 12.3. The van der Waals surface area contributed by atoms with Crippen molar-refractivity contribution >= 4 is 11.0 Å². The van der Waals surface area contributed by atoms with Gasteiger partial charge in [0.15, 0.2) is 0 Å². The molecule has 0 amide bonds. The molecule has 3 nitrogen and oxygen atoms in total. The van der Waals surface area contributed by atoms with E-state index in [0.717, 1.165) is 29.6 Å². The van der Waals surface area contributed by atoms with Gasteiger partial charge < -0.3 is 4.42 Å². The van der Waals surface area contributed by atoms with E-state index < -0.39 is 0 Å². The Balaban J connectivity index is 2.29. The van der Waals surface area contributed by atoms with Gasteiger partial charge in [0.1, 0.15) is 11.3 Å². The second-order valence-corrected chi connectivity index (χ2v) is 4.60. The maximum Gasteiger partial charge on any atom is 0.134 e. The van der Waals surface area contributed by atoms with Crippen molar-refractivity contribution in [3.8, 4) is 0 Å². The van der Waals surface area contributed by atoms with Gasteiger partial charge >= 0.3 is 0 Å². The number of para-hydroxylation sites is 1. The minimum Gasteiger partial charge on any atom is -0.459 e. The fourth-order valence-corrected chi connectivity index (χ4v) is 2.30. The molecule has 2 aromatic rings. The van der Waals surface area contributed by atoms with Crippen molar-refractivity contribution in [3.63, 3.8) is 0 Å². The lowest BCUT2D eigenvalue weighted by Crippen LogP contribution is -2.32. The first kappa shape index (κ1) is 12.1. The summed E-state index contributed by atoms with van der Waals surface area (Å²) in [5, 5.41) is 1.13. The number of furan rings is 1. The summed E-state index contributed by atoms with van der Waals surface area (Å²) in [7, 11) is 0. The van der Waals surface area contributed by atoms with E-state index in [1.807, 2.05) is 18.2 Å². The minimum atomic E-state index is 0.0855. The molecule has 0 saturated heterocycles. The zero-order valence-corrected chi connectivity index (χ0v) is 10.4. The molecule has 17 heavy (non-hydrogen) atoms. The molecular formula is C14H20N2O. The monoisotopic (exact) mass is 232 g/mol. The van der Waals surface area contributed by atoms with Crippen molar-refractivity contribution in [1.82, 2.24) is 5.43 Å². The quantitative estimate of drug-likeness (QED) is 0.614. The molecule has 3 heteroatoms. The Kier molecular flexibility index (Phi) is 3.82. The lowest BCUT2D eigenvalue weighted by Gasteiger charge is -2.20. The molecule has 0 fully saturated rings. The van der Waals surface area contributed by atoms with Crippen molar-refractivity contribution in [2.75, 3.05) is 0 Å². The van der Waals surface area contributed by atoms with Crippen molar-refractivity contribution in [3.05, 3.63) is 36.1 Å². The molecular weight excluding hydrogens is 212 g/mol. The lowest BCUT2D eigenvalue weighted by molar-refractivity contribution is 0.321. The van der Waals surface area contributed by atoms with Gasteiger partial charge in [0.05, 0.1) is 6.04 Å². The molecule has 0 radical (unpaired) electrons. The van der Waals surface area contributed by atoms with E-state index >= 15 is 0 Å². The van der Waals surface area contributed by atoms with Gasteiger partial charge in [-0.05, 0) is 24.5 Å². The molecule has 2 unspecified atom stereocenters. The van der Waals surface area contributed by atoms with E-state index in [0.29, 0.717) is 5.92 Å². The largest absolute Gasteiger partial charge is 0.459 e. The average molecular weight is 232 g/mol. The molecule has 92 valence electrons. The Hall–Kier alpha value is -1.32. The Morgan fingerprint density at radius 1 is 1.35 bits per heavy atom. The normalized spacial score (nSPS) is 15.0. The first-order valence-electron chi connectivity index (χ1n) is 6.21. The number of nitrogens with two attached hydrogens (primary N) is 1. The zero-order valence-electron chi connectivity index (χ0n) is 10.4. The van der Waals surface area contributed by atoms with Gasteiger partial charge in [0.25, 0.3) is 0 Å². The number of hydrazine groups is 1. The SMILES string of the molecule is CCCC(C)C(NN)c1cc2ccccc2o1. The molecule has 0 aliphatic heterocycles. The molecule has 0 spiro atoms. The van der Waals surface area contributed by atoms with Gasteiger partial charge in [-0.2, -0.15) is 0 Å². The van der Waals surface area contributed by atoms with Gasteiger partial charge in [-0.15, -0.1) is 0 Å². The van der Waals surface area contributed by atoms with Crippen LogP contribution in [0.3, 0.4) is 0 Å². The Labute approximate surface area is 102 Å². The van der Waals surface area contributed by atoms with Crippen molar-refractivity contribution in [2.24, 2.45) is 11.8 Å². The molecule has 2 rings (SSSR count). The molecule has 1 heterocycles. The first-order valence-corrected chi connectivity index (χ1v) is 6.21. The van der Waals surface area contributed by atoms with Crippen LogP contribution < -0.4 is 11.3 Å². The molecule has 1 aromatic heterocycles. The first-order chi connectivity index (χ1) is 8.26. The smallest absolute Gasteiger partial charge is 0.134 e. The standard InChI is InChI=1S/C14H20N2O/c1-3-6-10(2)14(16-15)13-9-11-7-4-5-8-12(11)17-13/h4-5,7-10,14,16H,3,6,15H2,1-2H3. The van der Waals surface area contributed by atoms with Gasteiger partial charge in [0.2, 0.25) is 0 Å². The second-order valence-electron chi connectivity index (χ2n) is 4.60. The van der Waals surface area contributed by atoms with Crippen LogP contribution in [0.2, 0.25) is 0 Å². The molecule has 2 atom stereocenters. The number of benzene rings is 1. The number of nitrogens with one attached hydrogen (secondary N) is 1. The average Bonchev–Trinajstić information content (AvgIpc) is 2.73. The van der Waals surface area contributed by atoms with Crippen molar-refractivity contribution in [1.29, 1.82) is 0 Å². The lowest BCUT2D eigenvalue weighted by atomic mass is 9.95. The predicted molar refractivity (Wildman–Crippen MR) is 70.4 cm³/mol. The van der Waals surface area contributed by atoms with E-state index in [2.05, 4.69) is 31.4 Å². The molecule has 1 aromatic carbocycles. The van der Waals surface area contributed by atoms with Crippen LogP contribution in [0.4, 0.5) is 0 Å². The number of rotatable bonds is 5. The molecule has 0 bridgehead atoms. The molecule has 0 aliphatic carbocycles. The topological polar surface area (TPSA) is 51.2 Å². The number of hydrogen-bond acceptors (Lipinski definition) is 3. The van der Waals surface area contributed by atoms with E-state index in [-0.39, 0.29) is 6.04 Å². The van der Waals surface area contributed by atoms with Crippen molar-refractivity contribution < 1.29 is 4.42 Å². The van der Waals surface area contributed by atoms with E-state index in [4.69, 9.17) is 10.3 Å². The third-order valence-corrected chi connectivity index (χ3v) is 3.24. The molecule has 3 N–H and O–H groups in total. The van der Waals surface area contributed by atoms with Crippen LogP contribution >= 0.6 is 0 Å². The number of hydrogen-bond donors (Lipinski definition) is 2. The highest BCUT2D eigenvalue weighted by Gasteiger charge is 2.20. The summed E-state index contributed by atoms with van der Waals surface area (Å²) in [6.45, 7) is 4.38. The van der Waals surface area contributed by atoms with E-state index in [9.17, 15) is 0 Å². The van der Waals surface area contributed by atoms with Crippen molar-refractivity contribution in [2.45, 2.75) is 32.7 Å². The third kappa shape index (κ3) is 2.51. The maximum absolute atomic E-state index is 5.85. The minimum absolute atomic E-state index is 0.0855. The summed E-state index contributed by atoms with van der Waals surface area (Å²) in [5.41, 5.74) is 3.79. The van der Waals surface area contributed by atoms with Gasteiger partial charge in [-0.1, -0.05) is 38.5 Å². The third-order valence-electron chi connectivity index (χ3n) is 3.24. The summed E-state index contributed by atoms with van der Waals surface area (Å²) in [6, 6.07) is 10.2. The Morgan fingerprint density at radius 2 is 2.12 bits per heavy atom. The fraction of sp³-hybridized carbons (Fsp3) is 0.429. The van der Waals surface area contributed by atoms with Crippen LogP contribution in [0.25, 0.3) is 11.0 Å². The van der Waals surface area contributed by atoms with Crippen LogP contribution in [-0.2, 0) is 0 Å². The Morgan fingerprint density at radius 3 is 2.76 bits per heavy atom. The van der Waals surface area contributed by atoms with Crippen LogP contribution in [0.1, 0.15) is 38.5 Å². The summed E-state index contributed by atoms with van der Waals surface area (Å²) in [4.78, 5) is 0. The van der Waals surface area contributed by atoms with E-state index in [1.165, 1.54) is 0 Å². The summed E-state index contributed by atoms with van der Waals surface area (Å²) in [5.74, 6) is 7.04. The van der Waals surface area contributed by atoms with Crippen LogP contribution in [-0.4, -0.2) is 0 Å². The number of fused-ring (bicyclic) bond motifs is 1. The highest BCUT2D eigenvalue weighted by Crippen LogP contribution is 2.29. The summed E-state index contributed by atoms with van der Waals surface area (Å²) >= 11 is 0. The van der Waals surface area contributed by atoms with Crippen LogP contribution in [0, 0.1) is 5.92 Å². The maximum atomic E-state index is 5.85. The highest BCUT2D eigenvalue weighted by atomic mass is 16.3. The predicted octanol–water partition coefficient (Wildman–Crippen LogP) is 3.37. The second kappa shape index (κ2) is 5.34. The van der Waals surface area contributed by atoms with Gasteiger partial charge in [-0.3, -0.25) is 5.84 Å². The molecule has 0 saturated carbocycles. The summed E-state index contributed by atoms with van der Waals surface area (Å²) in [6.07, 6.45) is 2.28. The molecule has 0 aliphatic rings. The van der Waals surface area contributed by atoms with Crippen LogP contribution in [0.5, 0.6) is 0 Å². The highest BCUT2D eigenvalue weighted by molar-refractivity contribution is 5.77. The Bertz CT molecular complexity index is 445. The van der Waals surface area contributed by atoms with Crippen LogP contribution in [0.15, 0.2) is 34.7 Å².